The van der Waals surface area contributed by atoms with Gasteiger partial charge in [-0.2, -0.15) is 0 Å². The SMILES string of the molecule is C[C@@H](c1ccccc1SC(C)(C)C)N1CCNCC1.Cl.Cl. The van der Waals surface area contributed by atoms with Crippen molar-refractivity contribution in [3.05, 3.63) is 29.8 Å². The van der Waals surface area contributed by atoms with E-state index in [0.717, 1.165) is 26.2 Å². The van der Waals surface area contributed by atoms with Crippen LogP contribution >= 0.6 is 36.6 Å². The number of hydrogen-bond donors (Lipinski definition) is 1. The van der Waals surface area contributed by atoms with Crippen LogP contribution in [-0.4, -0.2) is 35.8 Å². The Hall–Kier alpha value is 0.0700. The van der Waals surface area contributed by atoms with E-state index in [-0.39, 0.29) is 29.6 Å². The summed E-state index contributed by atoms with van der Waals surface area (Å²) in [6.07, 6.45) is 0. The Kier molecular flexibility index (Phi) is 9.29. The van der Waals surface area contributed by atoms with E-state index in [1.807, 2.05) is 11.8 Å². The predicted molar refractivity (Wildman–Crippen MR) is 99.4 cm³/mol. The third-order valence-corrected chi connectivity index (χ3v) is 4.69. The van der Waals surface area contributed by atoms with Crippen LogP contribution in [0.1, 0.15) is 39.3 Å². The van der Waals surface area contributed by atoms with E-state index < -0.39 is 0 Å². The average molecular weight is 351 g/mol. The van der Waals surface area contributed by atoms with Crippen LogP contribution in [0.15, 0.2) is 29.2 Å². The van der Waals surface area contributed by atoms with Gasteiger partial charge in [-0.1, -0.05) is 39.0 Å². The molecule has 1 N–H and O–H groups in total. The van der Waals surface area contributed by atoms with E-state index >= 15 is 0 Å². The number of rotatable bonds is 3. The minimum absolute atomic E-state index is 0. The second-order valence-corrected chi connectivity index (χ2v) is 8.08. The van der Waals surface area contributed by atoms with Crippen LogP contribution in [-0.2, 0) is 0 Å². The van der Waals surface area contributed by atoms with Crippen molar-refractivity contribution in [2.75, 3.05) is 26.2 Å². The molecule has 1 atom stereocenters. The molecule has 0 amide bonds. The fraction of sp³-hybridized carbons (Fsp3) is 0.625. The van der Waals surface area contributed by atoms with Gasteiger partial charge in [0.05, 0.1) is 0 Å². The van der Waals surface area contributed by atoms with E-state index in [0.29, 0.717) is 6.04 Å². The molecular weight excluding hydrogens is 323 g/mol. The van der Waals surface area contributed by atoms with Crippen molar-refractivity contribution in [3.8, 4) is 0 Å². The average Bonchev–Trinajstić information content (AvgIpc) is 2.38. The first-order chi connectivity index (χ1) is 8.97. The number of piperazine rings is 1. The molecule has 5 heteroatoms. The van der Waals surface area contributed by atoms with Crippen molar-refractivity contribution < 1.29 is 0 Å². The number of thioether (sulfide) groups is 1. The standard InChI is InChI=1S/C16H26N2S.2ClH/c1-13(18-11-9-17-10-12-18)14-7-5-6-8-15(14)19-16(2,3)4;;/h5-8,13,17H,9-12H2,1-4H3;2*1H/t13-;;/m0../s1. The maximum absolute atomic E-state index is 3.43. The van der Waals surface area contributed by atoms with E-state index in [1.54, 1.807) is 0 Å². The number of benzene rings is 1. The summed E-state index contributed by atoms with van der Waals surface area (Å²) in [5, 5.41) is 3.43. The summed E-state index contributed by atoms with van der Waals surface area (Å²) >= 11 is 1.98. The molecule has 1 aliphatic rings. The topological polar surface area (TPSA) is 15.3 Å². The Morgan fingerprint density at radius 1 is 1.10 bits per heavy atom. The summed E-state index contributed by atoms with van der Waals surface area (Å²) in [4.78, 5) is 4.01. The summed E-state index contributed by atoms with van der Waals surface area (Å²) in [6, 6.07) is 9.39. The zero-order valence-corrected chi connectivity index (χ0v) is 15.8. The molecule has 0 spiro atoms. The molecule has 2 nitrogen and oxygen atoms in total. The van der Waals surface area contributed by atoms with Gasteiger partial charge in [0.15, 0.2) is 0 Å². The van der Waals surface area contributed by atoms with Gasteiger partial charge >= 0.3 is 0 Å². The lowest BCUT2D eigenvalue weighted by molar-refractivity contribution is 0.184. The van der Waals surface area contributed by atoms with Crippen LogP contribution in [0, 0.1) is 0 Å². The van der Waals surface area contributed by atoms with Crippen LogP contribution in [0.5, 0.6) is 0 Å². The fourth-order valence-electron chi connectivity index (χ4n) is 2.51. The Morgan fingerprint density at radius 3 is 2.24 bits per heavy atom. The lowest BCUT2D eigenvalue weighted by atomic mass is 10.1. The first-order valence-corrected chi connectivity index (χ1v) is 8.02. The predicted octanol–water partition coefficient (Wildman–Crippen LogP) is 4.39. The highest BCUT2D eigenvalue weighted by atomic mass is 35.5. The maximum atomic E-state index is 3.43. The van der Waals surface area contributed by atoms with Gasteiger partial charge in [0.1, 0.15) is 0 Å². The largest absolute Gasteiger partial charge is 0.314 e. The van der Waals surface area contributed by atoms with E-state index in [4.69, 9.17) is 0 Å². The van der Waals surface area contributed by atoms with Crippen molar-refractivity contribution in [3.63, 3.8) is 0 Å². The zero-order chi connectivity index (χ0) is 13.9. The molecule has 122 valence electrons. The van der Waals surface area contributed by atoms with Crippen LogP contribution in [0.2, 0.25) is 0 Å². The highest BCUT2D eigenvalue weighted by Crippen LogP contribution is 2.37. The van der Waals surface area contributed by atoms with E-state index in [2.05, 4.69) is 62.2 Å². The molecule has 1 fully saturated rings. The minimum atomic E-state index is 0. The lowest BCUT2D eigenvalue weighted by Crippen LogP contribution is -2.44. The first-order valence-electron chi connectivity index (χ1n) is 7.20. The van der Waals surface area contributed by atoms with Gasteiger partial charge in [0, 0.05) is 41.9 Å². The molecular formula is C16H28Cl2N2S. The third-order valence-electron chi connectivity index (χ3n) is 3.48. The minimum Gasteiger partial charge on any atom is -0.314 e. The van der Waals surface area contributed by atoms with Gasteiger partial charge < -0.3 is 5.32 Å². The fourth-order valence-corrected chi connectivity index (χ4v) is 3.68. The summed E-state index contributed by atoms with van der Waals surface area (Å²) in [7, 11) is 0. The van der Waals surface area contributed by atoms with Gasteiger partial charge in [0.2, 0.25) is 0 Å². The Bertz CT molecular complexity index is 415. The Morgan fingerprint density at radius 2 is 1.67 bits per heavy atom. The molecule has 1 heterocycles. The molecule has 0 aromatic heterocycles. The number of halogens is 2. The number of nitrogens with zero attached hydrogens (tertiary/aromatic N) is 1. The molecule has 1 aromatic rings. The monoisotopic (exact) mass is 350 g/mol. The summed E-state index contributed by atoms with van der Waals surface area (Å²) in [5.74, 6) is 0. The highest BCUT2D eigenvalue weighted by Gasteiger charge is 2.22. The van der Waals surface area contributed by atoms with E-state index in [1.165, 1.54) is 10.5 Å². The van der Waals surface area contributed by atoms with Crippen LogP contribution in [0.25, 0.3) is 0 Å². The van der Waals surface area contributed by atoms with Gasteiger partial charge in [-0.25, -0.2) is 0 Å². The molecule has 0 radical (unpaired) electrons. The Labute approximate surface area is 146 Å². The van der Waals surface area contributed by atoms with Crippen molar-refractivity contribution in [2.24, 2.45) is 0 Å². The summed E-state index contributed by atoms with van der Waals surface area (Å²) < 4.78 is 0.263. The molecule has 0 bridgehead atoms. The lowest BCUT2D eigenvalue weighted by Gasteiger charge is -2.34. The van der Waals surface area contributed by atoms with Gasteiger partial charge in [-0.3, -0.25) is 4.90 Å². The number of hydrogen-bond acceptors (Lipinski definition) is 3. The van der Waals surface area contributed by atoms with Gasteiger partial charge in [0.25, 0.3) is 0 Å². The molecule has 1 aromatic carbocycles. The smallest absolute Gasteiger partial charge is 0.0332 e. The molecule has 21 heavy (non-hydrogen) atoms. The maximum Gasteiger partial charge on any atom is 0.0332 e. The Balaban J connectivity index is 0.00000200. The van der Waals surface area contributed by atoms with Crippen molar-refractivity contribution >= 4 is 36.6 Å². The second-order valence-electron chi connectivity index (χ2n) is 6.21. The van der Waals surface area contributed by atoms with Gasteiger partial charge in [-0.05, 0) is 18.6 Å². The van der Waals surface area contributed by atoms with E-state index in [9.17, 15) is 0 Å². The zero-order valence-electron chi connectivity index (χ0n) is 13.4. The molecule has 0 aliphatic carbocycles. The second kappa shape index (κ2) is 9.26. The van der Waals surface area contributed by atoms with Crippen molar-refractivity contribution in [2.45, 2.75) is 43.4 Å². The van der Waals surface area contributed by atoms with Crippen molar-refractivity contribution in [1.82, 2.24) is 10.2 Å². The molecule has 1 aliphatic heterocycles. The molecule has 2 rings (SSSR count). The van der Waals surface area contributed by atoms with Crippen LogP contribution < -0.4 is 5.32 Å². The third kappa shape index (κ3) is 6.37. The molecule has 0 unspecified atom stereocenters. The summed E-state index contributed by atoms with van der Waals surface area (Å²) in [5.41, 5.74) is 1.48. The van der Waals surface area contributed by atoms with Crippen LogP contribution in [0.4, 0.5) is 0 Å². The number of nitrogens with one attached hydrogen (secondary N) is 1. The first kappa shape index (κ1) is 21.1. The summed E-state index contributed by atoms with van der Waals surface area (Å²) in [6.45, 7) is 13.7. The van der Waals surface area contributed by atoms with Crippen molar-refractivity contribution in [1.29, 1.82) is 0 Å². The highest BCUT2D eigenvalue weighted by molar-refractivity contribution is 8.00. The van der Waals surface area contributed by atoms with Gasteiger partial charge in [-0.15, -0.1) is 36.6 Å². The normalized spacial score (nSPS) is 17.5. The quantitative estimate of drug-likeness (QED) is 0.814. The van der Waals surface area contributed by atoms with Crippen LogP contribution in [0.3, 0.4) is 0 Å². The molecule has 0 saturated carbocycles. The molecule has 1 saturated heterocycles.